The molecule has 17 heavy (non-hydrogen) atoms. The largest absolute Gasteiger partial charge is 0.369 e. The van der Waals surface area contributed by atoms with E-state index in [1.54, 1.807) is 7.05 Å². The van der Waals surface area contributed by atoms with Gasteiger partial charge in [-0.05, 0) is 18.8 Å². The van der Waals surface area contributed by atoms with Crippen LogP contribution in [0.15, 0.2) is 0 Å². The highest BCUT2D eigenvalue weighted by atomic mass is 16.5. The highest BCUT2D eigenvalue weighted by molar-refractivity contribution is 5.81. The van der Waals surface area contributed by atoms with E-state index in [2.05, 4.69) is 15.5 Å². The summed E-state index contributed by atoms with van der Waals surface area (Å²) in [5, 5.41) is 6.01. The van der Waals surface area contributed by atoms with Crippen LogP contribution in [0.25, 0.3) is 0 Å². The summed E-state index contributed by atoms with van der Waals surface area (Å²) in [5.41, 5.74) is -0.0145. The molecule has 1 aliphatic carbocycles. The van der Waals surface area contributed by atoms with Crippen LogP contribution < -0.4 is 10.6 Å². The number of carbonyl (C=O) groups excluding carboxylic acids is 1. The predicted molar refractivity (Wildman–Crippen MR) is 63.7 cm³/mol. The molecular formula is C12H21N3O2. The molecule has 2 aliphatic heterocycles. The van der Waals surface area contributed by atoms with Crippen LogP contribution in [0.5, 0.6) is 0 Å². The second-order valence-electron chi connectivity index (χ2n) is 5.60. The Balaban J connectivity index is 1.68. The lowest BCUT2D eigenvalue weighted by molar-refractivity contribution is -0.168. The topological polar surface area (TPSA) is 53.6 Å². The molecule has 0 radical (unpaired) electrons. The number of hydrogen-bond donors (Lipinski definition) is 2. The Morgan fingerprint density at radius 3 is 2.82 bits per heavy atom. The van der Waals surface area contributed by atoms with Crippen molar-refractivity contribution in [2.75, 3.05) is 39.8 Å². The average Bonchev–Trinajstić information content (AvgIpc) is 3.10. The van der Waals surface area contributed by atoms with Gasteiger partial charge in [0.15, 0.2) is 0 Å². The minimum atomic E-state index is -0.0909. The van der Waals surface area contributed by atoms with E-state index in [0.717, 1.165) is 32.1 Å². The molecule has 1 atom stereocenters. The molecule has 0 unspecified atom stereocenters. The van der Waals surface area contributed by atoms with Crippen molar-refractivity contribution in [1.82, 2.24) is 15.5 Å². The molecule has 2 saturated heterocycles. The zero-order valence-corrected chi connectivity index (χ0v) is 10.4. The van der Waals surface area contributed by atoms with Crippen LogP contribution in [0.2, 0.25) is 0 Å². The summed E-state index contributed by atoms with van der Waals surface area (Å²) in [4.78, 5) is 14.2. The first-order chi connectivity index (χ1) is 8.22. The molecule has 0 bridgehead atoms. The summed E-state index contributed by atoms with van der Waals surface area (Å²) in [6.07, 6.45) is 2.64. The van der Waals surface area contributed by atoms with Gasteiger partial charge >= 0.3 is 0 Å². The van der Waals surface area contributed by atoms with Gasteiger partial charge in [-0.15, -0.1) is 0 Å². The number of hydrogen-bond acceptors (Lipinski definition) is 4. The fourth-order valence-corrected chi connectivity index (χ4v) is 2.74. The van der Waals surface area contributed by atoms with E-state index >= 15 is 0 Å². The Kier molecular flexibility index (Phi) is 2.84. The van der Waals surface area contributed by atoms with E-state index in [4.69, 9.17) is 4.74 Å². The van der Waals surface area contributed by atoms with Gasteiger partial charge in [-0.2, -0.15) is 0 Å². The minimum absolute atomic E-state index is 0.0145. The molecule has 0 aromatic rings. The number of ether oxygens (including phenoxy) is 1. The molecule has 2 heterocycles. The van der Waals surface area contributed by atoms with Gasteiger partial charge in [0.2, 0.25) is 5.91 Å². The highest BCUT2D eigenvalue weighted by Crippen LogP contribution is 2.33. The molecule has 0 aromatic carbocycles. The van der Waals surface area contributed by atoms with Crippen LogP contribution in [0.4, 0.5) is 0 Å². The molecule has 5 heteroatoms. The SMILES string of the molecule is CNC(=O)[C@@H]1COC2(CNC2)CN1CC1CC1. The first kappa shape index (κ1) is 11.4. The van der Waals surface area contributed by atoms with E-state index in [0.29, 0.717) is 6.61 Å². The Morgan fingerprint density at radius 2 is 2.29 bits per heavy atom. The van der Waals surface area contributed by atoms with Gasteiger partial charge in [-0.1, -0.05) is 0 Å². The predicted octanol–water partition coefficient (Wildman–Crippen LogP) is -0.815. The van der Waals surface area contributed by atoms with Crippen LogP contribution in [-0.4, -0.2) is 62.3 Å². The number of nitrogens with one attached hydrogen (secondary N) is 2. The summed E-state index contributed by atoms with van der Waals surface area (Å²) in [6, 6.07) is -0.0909. The van der Waals surface area contributed by atoms with Crippen LogP contribution in [0.3, 0.4) is 0 Å². The van der Waals surface area contributed by atoms with Crippen molar-refractivity contribution in [2.24, 2.45) is 5.92 Å². The minimum Gasteiger partial charge on any atom is -0.369 e. The number of rotatable bonds is 3. The van der Waals surface area contributed by atoms with E-state index < -0.39 is 0 Å². The zero-order chi connectivity index (χ0) is 11.9. The Hall–Kier alpha value is -0.650. The monoisotopic (exact) mass is 239 g/mol. The zero-order valence-electron chi connectivity index (χ0n) is 10.4. The van der Waals surface area contributed by atoms with Gasteiger partial charge in [0.1, 0.15) is 11.6 Å². The fraction of sp³-hybridized carbons (Fsp3) is 0.917. The van der Waals surface area contributed by atoms with Crippen LogP contribution >= 0.6 is 0 Å². The molecular weight excluding hydrogens is 218 g/mol. The lowest BCUT2D eigenvalue weighted by atomic mass is 9.92. The Labute approximate surface area is 102 Å². The maximum Gasteiger partial charge on any atom is 0.239 e. The second-order valence-corrected chi connectivity index (χ2v) is 5.60. The summed E-state index contributed by atoms with van der Waals surface area (Å²) in [7, 11) is 1.70. The van der Waals surface area contributed by atoms with Gasteiger partial charge in [-0.25, -0.2) is 0 Å². The molecule has 1 spiro atoms. The lowest BCUT2D eigenvalue weighted by Crippen LogP contribution is -2.72. The third-order valence-electron chi connectivity index (χ3n) is 4.11. The molecule has 2 N–H and O–H groups in total. The maximum atomic E-state index is 11.8. The number of morpholine rings is 1. The molecule has 3 fully saturated rings. The molecule has 0 aromatic heterocycles. The molecule has 1 amide bonds. The van der Waals surface area contributed by atoms with Crippen LogP contribution in [0, 0.1) is 5.92 Å². The van der Waals surface area contributed by atoms with Crippen molar-refractivity contribution in [2.45, 2.75) is 24.5 Å². The summed E-state index contributed by atoms with van der Waals surface area (Å²) in [6.45, 7) is 4.34. The van der Waals surface area contributed by atoms with Crippen LogP contribution in [-0.2, 0) is 9.53 Å². The summed E-state index contributed by atoms with van der Waals surface area (Å²) in [5.74, 6) is 0.901. The molecule has 3 aliphatic rings. The molecule has 96 valence electrons. The van der Waals surface area contributed by atoms with Gasteiger partial charge in [0.05, 0.1) is 6.61 Å². The third-order valence-corrected chi connectivity index (χ3v) is 4.11. The summed E-state index contributed by atoms with van der Waals surface area (Å²) < 4.78 is 5.90. The van der Waals surface area contributed by atoms with E-state index in [1.165, 1.54) is 12.8 Å². The van der Waals surface area contributed by atoms with Crippen molar-refractivity contribution in [3.63, 3.8) is 0 Å². The van der Waals surface area contributed by atoms with Crippen molar-refractivity contribution in [1.29, 1.82) is 0 Å². The molecule has 1 saturated carbocycles. The van der Waals surface area contributed by atoms with Crippen molar-refractivity contribution in [3.8, 4) is 0 Å². The number of carbonyl (C=O) groups is 1. The summed E-state index contributed by atoms with van der Waals surface area (Å²) >= 11 is 0. The second kappa shape index (κ2) is 4.23. The first-order valence-corrected chi connectivity index (χ1v) is 6.53. The Morgan fingerprint density at radius 1 is 1.53 bits per heavy atom. The van der Waals surface area contributed by atoms with Crippen molar-refractivity contribution < 1.29 is 9.53 Å². The highest BCUT2D eigenvalue weighted by Gasteiger charge is 2.47. The first-order valence-electron chi connectivity index (χ1n) is 6.53. The molecule has 5 nitrogen and oxygen atoms in total. The quantitative estimate of drug-likeness (QED) is 0.676. The number of nitrogens with zero attached hydrogens (tertiary/aromatic N) is 1. The smallest absolute Gasteiger partial charge is 0.239 e. The van der Waals surface area contributed by atoms with E-state index in [1.807, 2.05) is 0 Å². The van der Waals surface area contributed by atoms with Gasteiger partial charge < -0.3 is 15.4 Å². The van der Waals surface area contributed by atoms with E-state index in [9.17, 15) is 4.79 Å². The lowest BCUT2D eigenvalue weighted by Gasteiger charge is -2.51. The van der Waals surface area contributed by atoms with Crippen molar-refractivity contribution in [3.05, 3.63) is 0 Å². The average molecular weight is 239 g/mol. The van der Waals surface area contributed by atoms with Crippen molar-refractivity contribution >= 4 is 5.91 Å². The number of amides is 1. The number of likely N-dealkylation sites (N-methyl/N-ethyl adjacent to an activating group) is 1. The third kappa shape index (κ3) is 2.19. The van der Waals surface area contributed by atoms with Gasteiger partial charge in [0, 0.05) is 33.2 Å². The van der Waals surface area contributed by atoms with Gasteiger partial charge in [-0.3, -0.25) is 9.69 Å². The van der Waals surface area contributed by atoms with Crippen LogP contribution in [0.1, 0.15) is 12.8 Å². The Bertz CT molecular complexity index is 313. The standard InChI is InChI=1S/C12H21N3O2/c1-13-11(16)10-5-17-12(6-14-7-12)8-15(10)4-9-2-3-9/h9-10,14H,2-8H2,1H3,(H,13,16)/t10-/m0/s1. The maximum absolute atomic E-state index is 11.8. The normalized spacial score (nSPS) is 32.2. The molecule has 3 rings (SSSR count). The fourth-order valence-electron chi connectivity index (χ4n) is 2.74. The van der Waals surface area contributed by atoms with E-state index in [-0.39, 0.29) is 17.6 Å². The van der Waals surface area contributed by atoms with Gasteiger partial charge in [0.25, 0.3) is 0 Å².